The van der Waals surface area contributed by atoms with Crippen molar-refractivity contribution in [1.29, 1.82) is 0 Å². The molecular weight excluding hydrogens is 875 g/mol. The highest BCUT2D eigenvalue weighted by atomic mass is 32.2. The molecular formula is C43H77N5O16S. The van der Waals surface area contributed by atoms with Crippen LogP contribution in [0, 0.1) is 5.92 Å². The molecule has 0 saturated carbocycles. The first-order valence-corrected chi connectivity index (χ1v) is 23.6. The van der Waals surface area contributed by atoms with Gasteiger partial charge < -0.3 is 61.3 Å². The average Bonchev–Trinajstić information content (AvgIpc) is 3.24. The summed E-state index contributed by atoms with van der Waals surface area (Å²) in [6.07, 6.45) is 8.62. The van der Waals surface area contributed by atoms with Crippen LogP contribution in [-0.4, -0.2) is 165 Å². The van der Waals surface area contributed by atoms with Gasteiger partial charge in [0.25, 0.3) is 0 Å². The van der Waals surface area contributed by atoms with Crippen LogP contribution >= 0.6 is 11.8 Å². The molecule has 9 N–H and O–H groups in total. The summed E-state index contributed by atoms with van der Waals surface area (Å²) in [6, 6.07) is -1.42. The summed E-state index contributed by atoms with van der Waals surface area (Å²) >= 11 is 1.25. The summed E-state index contributed by atoms with van der Waals surface area (Å²) in [5, 5.41) is 37.5. The topological polar surface area (TPSA) is 325 Å². The van der Waals surface area contributed by atoms with Gasteiger partial charge in [-0.2, -0.15) is 11.8 Å². The molecule has 0 unspecified atom stereocenters. The lowest BCUT2D eigenvalue weighted by atomic mass is 10.0. The van der Waals surface area contributed by atoms with E-state index in [1.807, 2.05) is 0 Å². The average molecular weight is 952 g/mol. The first kappa shape index (κ1) is 62.9. The number of Topliss-reactive ketones (excluding diaryl/α,β-unsaturated/α-hetero) is 2. The number of thioether (sulfide) groups is 1. The van der Waals surface area contributed by atoms with Gasteiger partial charge in [-0.05, 0) is 46.0 Å². The molecule has 0 aromatic rings. The molecule has 0 aliphatic heterocycles. The number of carbonyl (C=O) groups excluding carboxylic acids is 6. The lowest BCUT2D eigenvalue weighted by Gasteiger charge is -2.14. The summed E-state index contributed by atoms with van der Waals surface area (Å²) in [6.45, 7) is 6.55. The Morgan fingerprint density at radius 3 is 1.57 bits per heavy atom. The molecule has 0 aromatic carbocycles. The lowest BCUT2D eigenvalue weighted by Crippen LogP contribution is -2.41. The molecule has 4 amide bonds. The van der Waals surface area contributed by atoms with Crippen molar-refractivity contribution in [1.82, 2.24) is 21.3 Å². The largest absolute Gasteiger partial charge is 0.481 e. The van der Waals surface area contributed by atoms with E-state index >= 15 is 0 Å². The van der Waals surface area contributed by atoms with Gasteiger partial charge in [0.05, 0.1) is 50.7 Å². The molecule has 0 spiro atoms. The third-order valence-electron chi connectivity index (χ3n) is 9.22. The Morgan fingerprint density at radius 1 is 0.569 bits per heavy atom. The predicted octanol–water partition coefficient (Wildman–Crippen LogP) is 1.85. The molecule has 0 saturated heterocycles. The highest BCUT2D eigenvalue weighted by molar-refractivity contribution is 7.99. The second kappa shape index (κ2) is 43.7. The molecule has 0 bridgehead atoms. The van der Waals surface area contributed by atoms with Crippen molar-refractivity contribution in [3.8, 4) is 0 Å². The smallest absolute Gasteiger partial charge is 0.326 e. The van der Waals surface area contributed by atoms with E-state index in [2.05, 4.69) is 21.3 Å². The van der Waals surface area contributed by atoms with E-state index in [0.29, 0.717) is 31.4 Å². The first-order chi connectivity index (χ1) is 31.0. The van der Waals surface area contributed by atoms with Gasteiger partial charge in [-0.3, -0.25) is 38.4 Å². The van der Waals surface area contributed by atoms with Gasteiger partial charge in [0.1, 0.15) is 30.8 Å². The second-order valence-electron chi connectivity index (χ2n) is 15.1. The van der Waals surface area contributed by atoms with Crippen LogP contribution < -0.4 is 27.0 Å². The van der Waals surface area contributed by atoms with Gasteiger partial charge >= 0.3 is 17.9 Å². The molecule has 22 heteroatoms. The third kappa shape index (κ3) is 44.8. The van der Waals surface area contributed by atoms with Crippen LogP contribution in [0.25, 0.3) is 0 Å². The van der Waals surface area contributed by atoms with Crippen LogP contribution in [0.5, 0.6) is 0 Å². The summed E-state index contributed by atoms with van der Waals surface area (Å²) in [4.78, 5) is 103. The minimum Gasteiger partial charge on any atom is -0.481 e. The molecule has 21 nitrogen and oxygen atoms in total. The van der Waals surface area contributed by atoms with Crippen molar-refractivity contribution < 1.29 is 77.4 Å². The van der Waals surface area contributed by atoms with Gasteiger partial charge in [0.15, 0.2) is 0 Å². The minimum absolute atomic E-state index is 0.00689. The number of nitrogens with two attached hydrogens (primary N) is 1. The molecule has 0 aromatic heterocycles. The van der Waals surface area contributed by atoms with E-state index in [4.69, 9.17) is 34.9 Å². The van der Waals surface area contributed by atoms with E-state index < -0.39 is 29.9 Å². The molecule has 0 aliphatic rings. The Kier molecular flexibility index (Phi) is 42.2. The number of aliphatic carboxylic acids is 3. The maximum absolute atomic E-state index is 12.2. The van der Waals surface area contributed by atoms with Crippen molar-refractivity contribution >= 4 is 64.9 Å². The van der Waals surface area contributed by atoms with Crippen LogP contribution in [0.1, 0.15) is 117 Å². The molecule has 0 fully saturated rings. The van der Waals surface area contributed by atoms with Crippen molar-refractivity contribution in [3.05, 3.63) is 0 Å². The molecule has 65 heavy (non-hydrogen) atoms. The summed E-state index contributed by atoms with van der Waals surface area (Å²) < 4.78 is 21.3. The van der Waals surface area contributed by atoms with Gasteiger partial charge in [-0.1, -0.05) is 45.4 Å². The van der Waals surface area contributed by atoms with Crippen molar-refractivity contribution in [3.63, 3.8) is 0 Å². The SMILES string of the molecule is CC(=O)[C@H](C)N.CC[C@@H](CSCC(=O)NCCNC(=O)COCCOCCNC(=O)COCCOCCCC(=O)CC[C@H](NC(=O)CCCCCCCCCCC(=O)O)C(=O)O)C(=O)O. The van der Waals surface area contributed by atoms with E-state index in [1.54, 1.807) is 13.8 Å². The Hall–Kier alpha value is -4.22. The standard InChI is InChI=1S/C39H68N4O15S.C4H9NO/c1-2-30(38(51)52)28-59-29-36(48)41-18-17-40-34(46)26-58-25-23-56-21-19-42-35(47)27-57-24-22-55-20-11-12-31(44)15-16-32(39(53)54)43-33(45)13-9-7-5-3-4-6-8-10-14-37(49)50;1-3(5)4(2)6/h30,32H,2-29H2,1H3,(H,40,46)(H,41,48)(H,42,47)(H,43,45)(H,49,50)(H,51,52)(H,53,54);3H,5H2,1-2H3/t30-,32-;3-/m00/s1. The fraction of sp³-hybridized carbons (Fsp3) is 0.791. The fourth-order valence-corrected chi connectivity index (χ4v) is 6.26. The Morgan fingerprint density at radius 2 is 1.06 bits per heavy atom. The Bertz CT molecular complexity index is 1370. The second-order valence-corrected chi connectivity index (χ2v) is 16.1. The number of nitrogens with one attached hydrogen (secondary N) is 4. The normalized spacial score (nSPS) is 12.1. The quantitative estimate of drug-likeness (QED) is 0.0404. The zero-order valence-electron chi connectivity index (χ0n) is 38.7. The third-order valence-corrected chi connectivity index (χ3v) is 10.3. The van der Waals surface area contributed by atoms with Gasteiger partial charge in [0.2, 0.25) is 23.6 Å². The van der Waals surface area contributed by atoms with E-state index in [1.165, 1.54) is 18.7 Å². The highest BCUT2D eigenvalue weighted by Gasteiger charge is 2.21. The van der Waals surface area contributed by atoms with Gasteiger partial charge in [-0.25, -0.2) is 4.79 Å². The van der Waals surface area contributed by atoms with E-state index in [9.17, 15) is 48.3 Å². The number of hydrogen-bond acceptors (Lipinski definition) is 15. The van der Waals surface area contributed by atoms with Crippen molar-refractivity contribution in [2.24, 2.45) is 11.7 Å². The molecule has 0 aliphatic carbocycles. The minimum atomic E-state index is -1.19. The molecule has 0 radical (unpaired) electrons. The fourth-order valence-electron chi connectivity index (χ4n) is 5.19. The maximum Gasteiger partial charge on any atom is 0.326 e. The van der Waals surface area contributed by atoms with Crippen LogP contribution in [0.3, 0.4) is 0 Å². The van der Waals surface area contributed by atoms with Crippen LogP contribution in [-0.2, 0) is 62.1 Å². The predicted molar refractivity (Wildman–Crippen MR) is 242 cm³/mol. The van der Waals surface area contributed by atoms with E-state index in [-0.39, 0.29) is 152 Å². The summed E-state index contributed by atoms with van der Waals surface area (Å²) in [5.74, 6) is -4.20. The number of amides is 4. The van der Waals surface area contributed by atoms with Crippen molar-refractivity contribution in [2.75, 3.05) is 84.0 Å². The van der Waals surface area contributed by atoms with Crippen LogP contribution in [0.4, 0.5) is 0 Å². The lowest BCUT2D eigenvalue weighted by molar-refractivity contribution is -0.142. The number of carboxylic acids is 3. The van der Waals surface area contributed by atoms with Crippen molar-refractivity contribution in [2.45, 2.75) is 129 Å². The summed E-state index contributed by atoms with van der Waals surface area (Å²) in [5.41, 5.74) is 5.09. The maximum atomic E-state index is 12.2. The molecule has 376 valence electrons. The van der Waals surface area contributed by atoms with Gasteiger partial charge in [-0.15, -0.1) is 0 Å². The zero-order chi connectivity index (χ0) is 49.1. The van der Waals surface area contributed by atoms with Crippen LogP contribution in [0.2, 0.25) is 0 Å². The molecule has 3 atom stereocenters. The first-order valence-electron chi connectivity index (χ1n) is 22.4. The summed E-state index contributed by atoms with van der Waals surface area (Å²) in [7, 11) is 0. The zero-order valence-corrected chi connectivity index (χ0v) is 39.5. The molecule has 0 heterocycles. The van der Waals surface area contributed by atoms with Crippen LogP contribution in [0.15, 0.2) is 0 Å². The number of carbonyl (C=O) groups is 9. The number of rotatable bonds is 43. The number of hydrogen-bond donors (Lipinski definition) is 8. The van der Waals surface area contributed by atoms with Gasteiger partial charge in [0, 0.05) is 57.7 Å². The number of carboxylic acid groups (broad SMARTS) is 3. The monoisotopic (exact) mass is 952 g/mol. The molecule has 0 rings (SSSR count). The number of unbranched alkanes of at least 4 members (excludes halogenated alkanes) is 7. The number of ketones is 2. The Labute approximate surface area is 387 Å². The Balaban J connectivity index is 0. The highest BCUT2D eigenvalue weighted by Crippen LogP contribution is 2.13. The van der Waals surface area contributed by atoms with E-state index in [0.717, 1.165) is 38.5 Å². The number of ether oxygens (including phenoxy) is 4.